The molecule has 0 bridgehead atoms. The molecule has 2 aliphatic rings. The predicted molar refractivity (Wildman–Crippen MR) is 153 cm³/mol. The number of aliphatic carboxylic acids is 1. The third-order valence-electron chi connectivity index (χ3n) is 6.80. The van der Waals surface area contributed by atoms with Gasteiger partial charge in [0, 0.05) is 38.3 Å². The summed E-state index contributed by atoms with van der Waals surface area (Å²) < 4.78 is 16.2. The molecule has 0 radical (unpaired) electrons. The van der Waals surface area contributed by atoms with Crippen molar-refractivity contribution < 1.29 is 19.1 Å². The molecule has 0 atom stereocenters. The molecule has 204 valence electrons. The molecule has 9 nitrogen and oxygen atoms in total. The van der Waals surface area contributed by atoms with Crippen molar-refractivity contribution in [3.05, 3.63) is 62.0 Å². The monoisotopic (exact) mass is 569 g/mol. The summed E-state index contributed by atoms with van der Waals surface area (Å²) in [5.41, 5.74) is 1.08. The van der Waals surface area contributed by atoms with Crippen LogP contribution in [0.1, 0.15) is 36.5 Å². The third-order valence-corrected chi connectivity index (χ3v) is 8.17. The van der Waals surface area contributed by atoms with E-state index in [0.29, 0.717) is 61.8 Å². The van der Waals surface area contributed by atoms with Crippen LogP contribution in [0.4, 0.5) is 15.9 Å². The SMILES string of the molecule is CCCCn1c(N2CCN(c3ccccc3F)CC2)c(/C=C2/SC(=S)N(CC(=O)O)C2=O)c(C)c(C#N)c1=O. The molecule has 1 N–H and O–H groups in total. The number of halogens is 1. The van der Waals surface area contributed by atoms with Gasteiger partial charge in [-0.2, -0.15) is 5.26 Å². The van der Waals surface area contributed by atoms with Crippen LogP contribution in [0.15, 0.2) is 34.0 Å². The molecule has 2 fully saturated rings. The van der Waals surface area contributed by atoms with E-state index in [1.54, 1.807) is 35.8 Å². The number of carbonyl (C=O) groups is 2. The number of nitriles is 1. The second kappa shape index (κ2) is 12.0. The van der Waals surface area contributed by atoms with Crippen molar-refractivity contribution >= 4 is 57.8 Å². The second-order valence-electron chi connectivity index (χ2n) is 9.25. The lowest BCUT2D eigenvalue weighted by Gasteiger charge is -2.39. The van der Waals surface area contributed by atoms with Gasteiger partial charge in [0.05, 0.1) is 10.6 Å². The normalized spacial score (nSPS) is 16.8. The fourth-order valence-electron chi connectivity index (χ4n) is 4.78. The van der Waals surface area contributed by atoms with E-state index in [-0.39, 0.29) is 20.6 Å². The number of thioether (sulfide) groups is 1. The molecule has 12 heteroatoms. The van der Waals surface area contributed by atoms with E-state index in [1.807, 2.05) is 22.8 Å². The van der Waals surface area contributed by atoms with Gasteiger partial charge < -0.3 is 14.9 Å². The number of anilines is 2. The number of nitrogens with zero attached hydrogens (tertiary/aromatic N) is 5. The molecule has 2 aliphatic heterocycles. The molecule has 3 heterocycles. The summed E-state index contributed by atoms with van der Waals surface area (Å²) in [6.45, 7) is 5.47. The minimum atomic E-state index is -1.18. The zero-order valence-electron chi connectivity index (χ0n) is 21.6. The van der Waals surface area contributed by atoms with Gasteiger partial charge in [-0.3, -0.25) is 23.9 Å². The van der Waals surface area contributed by atoms with Crippen LogP contribution in [-0.2, 0) is 16.1 Å². The van der Waals surface area contributed by atoms with Gasteiger partial charge in [-0.05, 0) is 37.1 Å². The van der Waals surface area contributed by atoms with Crippen molar-refractivity contribution in [1.29, 1.82) is 5.26 Å². The summed E-state index contributed by atoms with van der Waals surface area (Å²) in [4.78, 5) is 43.0. The number of hydrogen-bond acceptors (Lipinski definition) is 8. The van der Waals surface area contributed by atoms with Gasteiger partial charge in [-0.1, -0.05) is 49.5 Å². The van der Waals surface area contributed by atoms with Crippen LogP contribution < -0.4 is 15.4 Å². The molecule has 2 aromatic rings. The lowest BCUT2D eigenvalue weighted by Crippen LogP contribution is -2.49. The Kier molecular flexibility index (Phi) is 8.72. The van der Waals surface area contributed by atoms with Gasteiger partial charge >= 0.3 is 5.97 Å². The van der Waals surface area contributed by atoms with Crippen LogP contribution in [0.5, 0.6) is 0 Å². The van der Waals surface area contributed by atoms with Crippen LogP contribution in [0.25, 0.3) is 6.08 Å². The minimum absolute atomic E-state index is 0.00731. The molecule has 0 unspecified atom stereocenters. The topological polar surface area (TPSA) is 110 Å². The maximum atomic E-state index is 14.4. The summed E-state index contributed by atoms with van der Waals surface area (Å²) in [7, 11) is 0. The number of aromatic nitrogens is 1. The number of carbonyl (C=O) groups excluding carboxylic acids is 1. The van der Waals surface area contributed by atoms with Crippen LogP contribution in [0, 0.1) is 24.1 Å². The second-order valence-corrected chi connectivity index (χ2v) is 10.9. The molecule has 0 saturated carbocycles. The van der Waals surface area contributed by atoms with Gasteiger partial charge in [-0.25, -0.2) is 4.39 Å². The molecular formula is C27H28FN5O4S2. The zero-order chi connectivity index (χ0) is 28.3. The van der Waals surface area contributed by atoms with E-state index in [2.05, 4.69) is 0 Å². The number of carboxylic acids is 1. The number of amides is 1. The smallest absolute Gasteiger partial charge is 0.323 e. The largest absolute Gasteiger partial charge is 0.480 e. The number of hydrogen-bond donors (Lipinski definition) is 1. The van der Waals surface area contributed by atoms with Crippen molar-refractivity contribution in [2.24, 2.45) is 0 Å². The maximum absolute atomic E-state index is 14.4. The molecule has 1 aromatic carbocycles. The Morgan fingerprint density at radius 1 is 1.21 bits per heavy atom. The first-order valence-electron chi connectivity index (χ1n) is 12.6. The number of thiocarbonyl (C=S) groups is 1. The van der Waals surface area contributed by atoms with E-state index >= 15 is 0 Å². The number of para-hydroxylation sites is 1. The molecule has 1 aromatic heterocycles. The Labute approximate surface area is 235 Å². The summed E-state index contributed by atoms with van der Waals surface area (Å²) in [6, 6.07) is 8.62. The van der Waals surface area contributed by atoms with Crippen molar-refractivity contribution in [2.75, 3.05) is 42.5 Å². The molecule has 39 heavy (non-hydrogen) atoms. The van der Waals surface area contributed by atoms with Gasteiger partial charge in [-0.15, -0.1) is 0 Å². The Hall–Kier alpha value is -3.69. The number of pyridine rings is 1. The molecule has 4 rings (SSSR count). The Morgan fingerprint density at radius 2 is 1.87 bits per heavy atom. The molecule has 0 spiro atoms. The summed E-state index contributed by atoms with van der Waals surface area (Å²) in [5, 5.41) is 19.0. The number of piperazine rings is 1. The molecular weight excluding hydrogens is 541 g/mol. The van der Waals surface area contributed by atoms with E-state index < -0.39 is 24.0 Å². The van der Waals surface area contributed by atoms with E-state index in [0.717, 1.165) is 23.1 Å². The number of carboxylic acid groups (broad SMARTS) is 1. The number of rotatable bonds is 8. The Bertz CT molecular complexity index is 1460. The highest BCUT2D eigenvalue weighted by atomic mass is 32.2. The third kappa shape index (κ3) is 5.69. The quantitative estimate of drug-likeness (QED) is 0.377. The summed E-state index contributed by atoms with van der Waals surface area (Å²) in [6.07, 6.45) is 3.14. The zero-order valence-corrected chi connectivity index (χ0v) is 23.3. The van der Waals surface area contributed by atoms with Gasteiger partial charge in [0.1, 0.15) is 34.1 Å². The standard InChI is InChI=1S/C27H28FN5O4S2/c1-3-4-9-32-24(31-12-10-30(11-13-31)21-8-6-5-7-20(21)28)18(17(2)19(15-29)25(32)36)14-22-26(37)33(16-23(34)35)27(38)39-22/h5-8,14H,3-4,9-13,16H2,1-2H3,(H,34,35)/b22-14+. The van der Waals surface area contributed by atoms with Gasteiger partial charge in [0.25, 0.3) is 11.5 Å². The lowest BCUT2D eigenvalue weighted by atomic mass is 10.0. The molecule has 2 saturated heterocycles. The Balaban J connectivity index is 1.80. The van der Waals surface area contributed by atoms with Crippen LogP contribution in [0.2, 0.25) is 0 Å². The highest BCUT2D eigenvalue weighted by molar-refractivity contribution is 8.26. The van der Waals surface area contributed by atoms with Gasteiger partial charge in [0.15, 0.2) is 0 Å². The number of benzene rings is 1. The minimum Gasteiger partial charge on any atom is -0.480 e. The first-order valence-corrected chi connectivity index (χ1v) is 13.8. The molecule has 1 amide bonds. The van der Waals surface area contributed by atoms with Crippen LogP contribution in [0.3, 0.4) is 0 Å². The van der Waals surface area contributed by atoms with Gasteiger partial charge in [0.2, 0.25) is 0 Å². The average molecular weight is 570 g/mol. The maximum Gasteiger partial charge on any atom is 0.323 e. The van der Waals surface area contributed by atoms with Crippen molar-refractivity contribution in [2.45, 2.75) is 33.2 Å². The highest BCUT2D eigenvalue weighted by Crippen LogP contribution is 2.36. The van der Waals surface area contributed by atoms with Crippen molar-refractivity contribution in [3.63, 3.8) is 0 Å². The Morgan fingerprint density at radius 3 is 2.49 bits per heavy atom. The fraction of sp³-hybridized carbons (Fsp3) is 0.370. The van der Waals surface area contributed by atoms with E-state index in [4.69, 9.17) is 12.2 Å². The summed E-state index contributed by atoms with van der Waals surface area (Å²) in [5.74, 6) is -1.44. The van der Waals surface area contributed by atoms with Crippen molar-refractivity contribution in [1.82, 2.24) is 9.47 Å². The van der Waals surface area contributed by atoms with Crippen molar-refractivity contribution in [3.8, 4) is 6.07 Å². The average Bonchev–Trinajstić information content (AvgIpc) is 3.17. The number of unbranched alkanes of at least 4 members (excludes halogenated alkanes) is 1. The first kappa shape index (κ1) is 28.3. The molecule has 0 aliphatic carbocycles. The first-order chi connectivity index (χ1) is 18.7. The summed E-state index contributed by atoms with van der Waals surface area (Å²) >= 11 is 6.24. The fourth-order valence-corrected chi connectivity index (χ4v) is 6.02. The van der Waals surface area contributed by atoms with E-state index in [1.165, 1.54) is 6.07 Å². The highest BCUT2D eigenvalue weighted by Gasteiger charge is 2.35. The van der Waals surface area contributed by atoms with Crippen LogP contribution >= 0.6 is 24.0 Å². The van der Waals surface area contributed by atoms with E-state index in [9.17, 15) is 29.1 Å². The lowest BCUT2D eigenvalue weighted by molar-refractivity contribution is -0.140. The predicted octanol–water partition coefficient (Wildman–Crippen LogP) is 3.58. The van der Waals surface area contributed by atoms with Crippen LogP contribution in [-0.4, -0.2) is 63.5 Å².